The van der Waals surface area contributed by atoms with Crippen molar-refractivity contribution in [3.05, 3.63) is 58.4 Å². The molecule has 3 rings (SSSR count). The van der Waals surface area contributed by atoms with Gasteiger partial charge < -0.3 is 4.98 Å². The second-order valence-corrected chi connectivity index (χ2v) is 5.11. The van der Waals surface area contributed by atoms with E-state index < -0.39 is 5.82 Å². The van der Waals surface area contributed by atoms with E-state index in [-0.39, 0.29) is 5.02 Å². The van der Waals surface area contributed by atoms with E-state index in [1.165, 1.54) is 12.1 Å². The van der Waals surface area contributed by atoms with Crippen LogP contribution in [0.2, 0.25) is 5.02 Å². The van der Waals surface area contributed by atoms with Gasteiger partial charge in [0, 0.05) is 22.0 Å². The SMILES string of the molecule is Cc1ccc2[nH]c(-c3ccc(F)cc3Cl)c(C=O)c2c1. The highest BCUT2D eigenvalue weighted by atomic mass is 35.5. The minimum Gasteiger partial charge on any atom is -0.354 e. The normalized spacial score (nSPS) is 10.9. The number of aryl methyl sites for hydroxylation is 1. The summed E-state index contributed by atoms with van der Waals surface area (Å²) in [6.07, 6.45) is 0.799. The molecule has 0 aliphatic heterocycles. The van der Waals surface area contributed by atoms with Crippen LogP contribution in [0.3, 0.4) is 0 Å². The zero-order chi connectivity index (χ0) is 14.3. The largest absolute Gasteiger partial charge is 0.354 e. The predicted molar refractivity (Wildman–Crippen MR) is 78.8 cm³/mol. The highest BCUT2D eigenvalue weighted by Crippen LogP contribution is 2.34. The standard InChI is InChI=1S/C16H11ClFNO/c1-9-2-5-15-12(6-9)13(8-20)16(19-15)11-4-3-10(18)7-14(11)17/h2-8,19H,1H3. The topological polar surface area (TPSA) is 32.9 Å². The average Bonchev–Trinajstić information content (AvgIpc) is 2.76. The van der Waals surface area contributed by atoms with Gasteiger partial charge in [0.2, 0.25) is 0 Å². The molecule has 2 nitrogen and oxygen atoms in total. The number of nitrogens with one attached hydrogen (secondary N) is 1. The molecule has 0 amide bonds. The second kappa shape index (κ2) is 4.76. The third kappa shape index (κ3) is 2.00. The molecular weight excluding hydrogens is 277 g/mol. The number of aldehydes is 1. The molecule has 1 N–H and O–H groups in total. The highest BCUT2D eigenvalue weighted by molar-refractivity contribution is 6.33. The highest BCUT2D eigenvalue weighted by Gasteiger charge is 2.15. The number of fused-ring (bicyclic) bond motifs is 1. The number of benzene rings is 2. The lowest BCUT2D eigenvalue weighted by Gasteiger charge is -2.03. The Kier molecular flexibility index (Phi) is 3.07. The van der Waals surface area contributed by atoms with Crippen molar-refractivity contribution in [3.8, 4) is 11.3 Å². The Bertz CT molecular complexity index is 823. The van der Waals surface area contributed by atoms with E-state index in [1.807, 2.05) is 25.1 Å². The van der Waals surface area contributed by atoms with Crippen molar-refractivity contribution >= 4 is 28.8 Å². The summed E-state index contributed by atoms with van der Waals surface area (Å²) in [4.78, 5) is 14.6. The summed E-state index contributed by atoms with van der Waals surface area (Å²) in [6, 6.07) is 9.95. The molecule has 0 atom stereocenters. The lowest BCUT2D eigenvalue weighted by molar-refractivity contribution is 0.112. The van der Waals surface area contributed by atoms with Gasteiger partial charge in [0.05, 0.1) is 10.7 Å². The molecule has 0 saturated carbocycles. The summed E-state index contributed by atoms with van der Waals surface area (Å²) in [5.41, 5.74) is 3.69. The fraction of sp³-hybridized carbons (Fsp3) is 0.0625. The molecule has 0 saturated heterocycles. The third-order valence-corrected chi connectivity index (χ3v) is 3.63. The maximum atomic E-state index is 13.1. The van der Waals surface area contributed by atoms with Gasteiger partial charge in [-0.2, -0.15) is 0 Å². The first kappa shape index (κ1) is 12.9. The number of rotatable bonds is 2. The van der Waals surface area contributed by atoms with Gasteiger partial charge in [-0.05, 0) is 37.3 Å². The van der Waals surface area contributed by atoms with Gasteiger partial charge in [-0.3, -0.25) is 4.79 Å². The minimum atomic E-state index is -0.404. The zero-order valence-corrected chi connectivity index (χ0v) is 11.5. The molecule has 2 aromatic carbocycles. The smallest absolute Gasteiger partial charge is 0.152 e. The molecule has 3 aromatic rings. The van der Waals surface area contributed by atoms with Crippen LogP contribution in [0, 0.1) is 12.7 Å². The van der Waals surface area contributed by atoms with Crippen LogP contribution < -0.4 is 0 Å². The predicted octanol–water partition coefficient (Wildman–Crippen LogP) is 4.75. The van der Waals surface area contributed by atoms with Crippen molar-refractivity contribution in [2.24, 2.45) is 0 Å². The van der Waals surface area contributed by atoms with Crippen molar-refractivity contribution in [1.82, 2.24) is 4.98 Å². The Morgan fingerprint density at radius 3 is 2.70 bits per heavy atom. The lowest BCUT2D eigenvalue weighted by atomic mass is 10.0. The molecule has 0 bridgehead atoms. The summed E-state index contributed by atoms with van der Waals surface area (Å²) in [5, 5.41) is 1.12. The molecule has 1 heterocycles. The van der Waals surface area contributed by atoms with Crippen LogP contribution >= 0.6 is 11.6 Å². The number of hydrogen-bond acceptors (Lipinski definition) is 1. The number of hydrogen-bond donors (Lipinski definition) is 1. The van der Waals surface area contributed by atoms with Gasteiger partial charge in [0.25, 0.3) is 0 Å². The number of aromatic nitrogens is 1. The van der Waals surface area contributed by atoms with E-state index in [0.29, 0.717) is 16.8 Å². The summed E-state index contributed by atoms with van der Waals surface area (Å²) >= 11 is 6.08. The molecule has 0 unspecified atom stereocenters. The van der Waals surface area contributed by atoms with Gasteiger partial charge in [0.15, 0.2) is 6.29 Å². The van der Waals surface area contributed by atoms with E-state index in [0.717, 1.165) is 22.8 Å². The van der Waals surface area contributed by atoms with E-state index in [2.05, 4.69) is 4.98 Å². The van der Waals surface area contributed by atoms with E-state index in [9.17, 15) is 9.18 Å². The van der Waals surface area contributed by atoms with Gasteiger partial charge in [0.1, 0.15) is 5.82 Å². The van der Waals surface area contributed by atoms with E-state index in [1.54, 1.807) is 6.07 Å². The van der Waals surface area contributed by atoms with Crippen LogP contribution in [0.5, 0.6) is 0 Å². The monoisotopic (exact) mass is 287 g/mol. The number of H-pyrrole nitrogens is 1. The number of halogens is 2. The minimum absolute atomic E-state index is 0.274. The van der Waals surface area contributed by atoms with Crippen molar-refractivity contribution in [1.29, 1.82) is 0 Å². The molecule has 4 heteroatoms. The molecule has 100 valence electrons. The summed E-state index contributed by atoms with van der Waals surface area (Å²) < 4.78 is 13.1. The Hall–Kier alpha value is -2.13. The third-order valence-electron chi connectivity index (χ3n) is 3.31. The van der Waals surface area contributed by atoms with Crippen LogP contribution in [0.25, 0.3) is 22.2 Å². The maximum absolute atomic E-state index is 13.1. The number of carbonyl (C=O) groups is 1. The molecule has 20 heavy (non-hydrogen) atoms. The van der Waals surface area contributed by atoms with Gasteiger partial charge in [-0.1, -0.05) is 23.2 Å². The molecule has 0 spiro atoms. The van der Waals surface area contributed by atoms with Gasteiger partial charge in [-0.25, -0.2) is 4.39 Å². The second-order valence-electron chi connectivity index (χ2n) is 4.70. The Balaban J connectivity index is 2.33. The lowest BCUT2D eigenvalue weighted by Crippen LogP contribution is -1.87. The van der Waals surface area contributed by atoms with Crippen molar-refractivity contribution < 1.29 is 9.18 Å². The zero-order valence-electron chi connectivity index (χ0n) is 10.7. The van der Waals surface area contributed by atoms with Crippen molar-refractivity contribution in [3.63, 3.8) is 0 Å². The van der Waals surface area contributed by atoms with Crippen LogP contribution in [-0.4, -0.2) is 11.3 Å². The van der Waals surface area contributed by atoms with Crippen LogP contribution in [0.1, 0.15) is 15.9 Å². The first-order valence-electron chi connectivity index (χ1n) is 6.13. The van der Waals surface area contributed by atoms with Gasteiger partial charge >= 0.3 is 0 Å². The summed E-state index contributed by atoms with van der Waals surface area (Å²) in [6.45, 7) is 1.96. The summed E-state index contributed by atoms with van der Waals surface area (Å²) in [7, 11) is 0. The Morgan fingerprint density at radius 1 is 1.20 bits per heavy atom. The van der Waals surface area contributed by atoms with E-state index in [4.69, 9.17) is 11.6 Å². The fourth-order valence-corrected chi connectivity index (χ4v) is 2.62. The Morgan fingerprint density at radius 2 is 2.00 bits per heavy atom. The first-order chi connectivity index (χ1) is 9.60. The summed E-state index contributed by atoms with van der Waals surface area (Å²) in [5.74, 6) is -0.404. The average molecular weight is 288 g/mol. The number of carbonyl (C=O) groups excluding carboxylic acids is 1. The van der Waals surface area contributed by atoms with Crippen molar-refractivity contribution in [2.45, 2.75) is 6.92 Å². The quantitative estimate of drug-likeness (QED) is 0.678. The van der Waals surface area contributed by atoms with Crippen molar-refractivity contribution in [2.75, 3.05) is 0 Å². The van der Waals surface area contributed by atoms with Crippen LogP contribution in [0.4, 0.5) is 4.39 Å². The van der Waals surface area contributed by atoms with Gasteiger partial charge in [-0.15, -0.1) is 0 Å². The fourth-order valence-electron chi connectivity index (χ4n) is 2.35. The molecule has 0 aliphatic carbocycles. The first-order valence-corrected chi connectivity index (χ1v) is 6.51. The molecular formula is C16H11ClFNO. The molecule has 0 aliphatic rings. The van der Waals surface area contributed by atoms with Crippen LogP contribution in [-0.2, 0) is 0 Å². The van der Waals surface area contributed by atoms with Crippen LogP contribution in [0.15, 0.2) is 36.4 Å². The Labute approximate surface area is 120 Å². The molecule has 1 aromatic heterocycles. The van der Waals surface area contributed by atoms with E-state index >= 15 is 0 Å². The number of aromatic amines is 1. The molecule has 0 fully saturated rings. The molecule has 0 radical (unpaired) electrons. The maximum Gasteiger partial charge on any atom is 0.152 e.